The van der Waals surface area contributed by atoms with Crippen LogP contribution in [0.2, 0.25) is 0 Å². The van der Waals surface area contributed by atoms with E-state index in [2.05, 4.69) is 17.9 Å². The average Bonchev–Trinajstić information content (AvgIpc) is 3.34. The lowest BCUT2D eigenvalue weighted by molar-refractivity contribution is 0.0986. The summed E-state index contributed by atoms with van der Waals surface area (Å²) in [7, 11) is 0.232. The minimum absolute atomic E-state index is 0.144. The standard InChI is InChI=1S/C29H34N4O3S2/c1-6-33(24-11-8-7-9-12-24)38(35,36)25-16-14-23(15-17-25)28(34)32(20-10-19-31(4)5)29-30-27-22(3)21(2)13-18-26(27)37-29/h7-9,11-18H,6,10,19-20H2,1-5H3. The topological polar surface area (TPSA) is 73.8 Å². The Balaban J connectivity index is 1.65. The summed E-state index contributed by atoms with van der Waals surface area (Å²) in [6.07, 6.45) is 0.779. The predicted octanol–water partition coefficient (Wildman–Crippen LogP) is 5.73. The number of carbonyl (C=O) groups excluding carboxylic acids is 1. The van der Waals surface area contributed by atoms with Crippen LogP contribution >= 0.6 is 11.3 Å². The Labute approximate surface area is 229 Å². The van der Waals surface area contributed by atoms with E-state index in [-0.39, 0.29) is 10.8 Å². The van der Waals surface area contributed by atoms with Crippen LogP contribution in [0.15, 0.2) is 71.6 Å². The van der Waals surface area contributed by atoms with Gasteiger partial charge in [0.2, 0.25) is 0 Å². The van der Waals surface area contributed by atoms with Gasteiger partial charge in [-0.1, -0.05) is 35.6 Å². The number of amides is 1. The molecule has 0 unspecified atom stereocenters. The number of anilines is 2. The Morgan fingerprint density at radius 1 is 0.921 bits per heavy atom. The predicted molar refractivity (Wildman–Crippen MR) is 157 cm³/mol. The van der Waals surface area contributed by atoms with Crippen molar-refractivity contribution in [2.24, 2.45) is 0 Å². The van der Waals surface area contributed by atoms with E-state index in [1.165, 1.54) is 27.8 Å². The number of fused-ring (bicyclic) bond motifs is 1. The zero-order chi connectivity index (χ0) is 27.4. The summed E-state index contributed by atoms with van der Waals surface area (Å²) >= 11 is 1.50. The number of hydrogen-bond donors (Lipinski definition) is 0. The minimum atomic E-state index is -3.78. The quantitative estimate of drug-likeness (QED) is 0.252. The Morgan fingerprint density at radius 3 is 2.24 bits per heavy atom. The lowest BCUT2D eigenvalue weighted by Gasteiger charge is -2.23. The zero-order valence-electron chi connectivity index (χ0n) is 22.5. The van der Waals surface area contributed by atoms with Gasteiger partial charge in [-0.3, -0.25) is 14.0 Å². The van der Waals surface area contributed by atoms with Crippen molar-refractivity contribution in [1.82, 2.24) is 9.88 Å². The number of hydrogen-bond acceptors (Lipinski definition) is 6. The van der Waals surface area contributed by atoms with E-state index in [1.807, 2.05) is 45.3 Å². The molecule has 1 heterocycles. The van der Waals surface area contributed by atoms with Crippen LogP contribution in [-0.2, 0) is 10.0 Å². The summed E-state index contributed by atoms with van der Waals surface area (Å²) in [6.45, 7) is 7.54. The van der Waals surface area contributed by atoms with E-state index < -0.39 is 10.0 Å². The fourth-order valence-electron chi connectivity index (χ4n) is 4.30. The molecule has 0 spiro atoms. The molecule has 4 rings (SSSR count). The molecule has 3 aromatic carbocycles. The van der Waals surface area contributed by atoms with E-state index in [1.54, 1.807) is 36.1 Å². The second-order valence-corrected chi connectivity index (χ2v) is 12.4. The monoisotopic (exact) mass is 550 g/mol. The number of benzene rings is 3. The Kier molecular flexibility index (Phi) is 8.50. The van der Waals surface area contributed by atoms with Crippen molar-refractivity contribution < 1.29 is 13.2 Å². The molecule has 0 atom stereocenters. The molecule has 4 aromatic rings. The normalized spacial score (nSPS) is 11.7. The van der Waals surface area contributed by atoms with E-state index in [4.69, 9.17) is 4.98 Å². The molecule has 0 aliphatic rings. The first-order valence-electron chi connectivity index (χ1n) is 12.6. The van der Waals surface area contributed by atoms with Gasteiger partial charge < -0.3 is 4.90 Å². The number of carbonyl (C=O) groups is 1. The Bertz CT molecular complexity index is 1510. The van der Waals surface area contributed by atoms with E-state index >= 15 is 0 Å². The number of nitrogens with zero attached hydrogens (tertiary/aromatic N) is 4. The molecule has 7 nitrogen and oxygen atoms in total. The van der Waals surface area contributed by atoms with Crippen LogP contribution in [0.5, 0.6) is 0 Å². The van der Waals surface area contributed by atoms with Crippen molar-refractivity contribution >= 4 is 48.3 Å². The summed E-state index contributed by atoms with van der Waals surface area (Å²) in [5.41, 5.74) is 4.21. The van der Waals surface area contributed by atoms with Gasteiger partial charge in [0.15, 0.2) is 5.13 Å². The number of aromatic nitrogens is 1. The molecule has 9 heteroatoms. The SMILES string of the molecule is CCN(c1ccccc1)S(=O)(=O)c1ccc(C(=O)N(CCCN(C)C)c2nc3c(C)c(C)ccc3s2)cc1. The molecule has 1 amide bonds. The van der Waals surface area contributed by atoms with Gasteiger partial charge in [-0.05, 0) is 101 Å². The van der Waals surface area contributed by atoms with Gasteiger partial charge in [0.1, 0.15) is 0 Å². The highest BCUT2D eigenvalue weighted by molar-refractivity contribution is 7.92. The van der Waals surface area contributed by atoms with Crippen LogP contribution in [0.3, 0.4) is 0 Å². The zero-order valence-corrected chi connectivity index (χ0v) is 24.1. The highest BCUT2D eigenvalue weighted by Crippen LogP contribution is 2.33. The molecule has 0 aliphatic heterocycles. The van der Waals surface area contributed by atoms with Gasteiger partial charge in [0, 0.05) is 18.7 Å². The Hall–Kier alpha value is -3.27. The van der Waals surface area contributed by atoms with E-state index in [9.17, 15) is 13.2 Å². The minimum Gasteiger partial charge on any atom is -0.309 e. The third-order valence-corrected chi connectivity index (χ3v) is 9.52. The molecule has 38 heavy (non-hydrogen) atoms. The molecule has 0 N–H and O–H groups in total. The lowest BCUT2D eigenvalue weighted by atomic mass is 10.1. The number of rotatable bonds is 10. The van der Waals surface area contributed by atoms with Gasteiger partial charge in [0.25, 0.3) is 15.9 Å². The van der Waals surface area contributed by atoms with Crippen LogP contribution in [0, 0.1) is 13.8 Å². The number of sulfonamides is 1. The summed E-state index contributed by atoms with van der Waals surface area (Å²) in [5.74, 6) is -0.198. The van der Waals surface area contributed by atoms with Crippen molar-refractivity contribution in [1.29, 1.82) is 0 Å². The molecule has 0 saturated heterocycles. The van der Waals surface area contributed by atoms with Gasteiger partial charge >= 0.3 is 0 Å². The first-order chi connectivity index (χ1) is 18.1. The fraction of sp³-hybridized carbons (Fsp3) is 0.310. The molecule has 200 valence electrons. The first kappa shape index (κ1) is 27.8. The van der Waals surface area contributed by atoms with Gasteiger partial charge in [-0.15, -0.1) is 0 Å². The van der Waals surface area contributed by atoms with Crippen molar-refractivity contribution in [3.8, 4) is 0 Å². The first-order valence-corrected chi connectivity index (χ1v) is 14.9. The summed E-state index contributed by atoms with van der Waals surface area (Å²) < 4.78 is 29.2. The van der Waals surface area contributed by atoms with Crippen molar-refractivity contribution in [3.05, 3.63) is 83.4 Å². The van der Waals surface area contributed by atoms with E-state index in [0.717, 1.165) is 34.3 Å². The third-order valence-electron chi connectivity index (χ3n) is 6.56. The summed E-state index contributed by atoms with van der Waals surface area (Å²) in [5, 5.41) is 0.649. The smallest absolute Gasteiger partial charge is 0.264 e. The second kappa shape index (κ2) is 11.6. The molecule has 1 aromatic heterocycles. The third kappa shape index (κ3) is 5.75. The molecular weight excluding hydrogens is 516 g/mol. The van der Waals surface area contributed by atoms with Crippen molar-refractivity contribution in [2.75, 3.05) is 42.9 Å². The van der Waals surface area contributed by atoms with Crippen LogP contribution in [0.1, 0.15) is 34.8 Å². The second-order valence-electron chi connectivity index (χ2n) is 9.49. The molecular formula is C29H34N4O3S2. The number of para-hydroxylation sites is 1. The maximum atomic E-state index is 13.7. The lowest BCUT2D eigenvalue weighted by Crippen LogP contribution is -2.33. The Morgan fingerprint density at radius 2 is 1.61 bits per heavy atom. The van der Waals surface area contributed by atoms with Crippen LogP contribution < -0.4 is 9.21 Å². The van der Waals surface area contributed by atoms with Crippen LogP contribution in [0.4, 0.5) is 10.8 Å². The molecule has 0 aliphatic carbocycles. The molecule has 0 bridgehead atoms. The highest BCUT2D eigenvalue weighted by atomic mass is 32.2. The van der Waals surface area contributed by atoms with E-state index in [0.29, 0.717) is 29.5 Å². The largest absolute Gasteiger partial charge is 0.309 e. The maximum Gasteiger partial charge on any atom is 0.264 e. The summed E-state index contributed by atoms with van der Waals surface area (Å²) in [6, 6.07) is 19.3. The highest BCUT2D eigenvalue weighted by Gasteiger charge is 2.26. The molecule has 0 radical (unpaired) electrons. The number of thiazole rings is 1. The van der Waals surface area contributed by atoms with Crippen LogP contribution in [0.25, 0.3) is 10.2 Å². The van der Waals surface area contributed by atoms with Gasteiger partial charge in [0.05, 0.1) is 20.8 Å². The maximum absolute atomic E-state index is 13.7. The van der Waals surface area contributed by atoms with Gasteiger partial charge in [-0.2, -0.15) is 0 Å². The fourth-order valence-corrected chi connectivity index (χ4v) is 6.82. The van der Waals surface area contributed by atoms with Gasteiger partial charge in [-0.25, -0.2) is 13.4 Å². The van der Waals surface area contributed by atoms with Crippen LogP contribution in [-0.4, -0.2) is 57.9 Å². The number of aryl methyl sites for hydroxylation is 2. The average molecular weight is 551 g/mol. The summed E-state index contributed by atoms with van der Waals surface area (Å²) in [4.78, 5) is 22.5. The van der Waals surface area contributed by atoms with Crippen molar-refractivity contribution in [2.45, 2.75) is 32.1 Å². The molecule has 0 saturated carbocycles. The van der Waals surface area contributed by atoms with Crippen molar-refractivity contribution in [3.63, 3.8) is 0 Å². The molecule has 0 fully saturated rings.